The first kappa shape index (κ1) is 32.1. The number of anilines is 2. The minimum Gasteiger partial charge on any atom is -0.490 e. The number of aliphatic hydroxyl groups is 2. The van der Waals surface area contributed by atoms with Gasteiger partial charge in [0.25, 0.3) is 0 Å². The molecule has 0 spiro atoms. The van der Waals surface area contributed by atoms with Crippen molar-refractivity contribution in [2.45, 2.75) is 32.0 Å². The first-order chi connectivity index (χ1) is 19.2. The summed E-state index contributed by atoms with van der Waals surface area (Å²) in [7, 11) is 0. The van der Waals surface area contributed by atoms with Gasteiger partial charge in [-0.25, -0.2) is 0 Å². The Balaban J connectivity index is 1.36. The lowest BCUT2D eigenvalue weighted by Crippen LogP contribution is -2.09. The molecule has 8 nitrogen and oxygen atoms in total. The third kappa shape index (κ3) is 9.89. The lowest BCUT2D eigenvalue weighted by Gasteiger charge is -2.16. The molecule has 3 rings (SSSR count). The Morgan fingerprint density at radius 2 is 1.38 bits per heavy atom. The highest BCUT2D eigenvalue weighted by atomic mass is 35.5. The average molecular weight is 633 g/mol. The van der Waals surface area contributed by atoms with Crippen molar-refractivity contribution in [1.82, 2.24) is 0 Å². The Bertz CT molecular complexity index is 1240. The molecule has 0 aliphatic rings. The highest BCUT2D eigenvalue weighted by Gasteiger charge is 2.14. The van der Waals surface area contributed by atoms with Crippen molar-refractivity contribution in [1.29, 1.82) is 0 Å². The Morgan fingerprint density at radius 1 is 0.800 bits per heavy atom. The van der Waals surface area contributed by atoms with Crippen molar-refractivity contribution in [3.8, 4) is 11.5 Å². The molecule has 40 heavy (non-hydrogen) atoms. The van der Waals surface area contributed by atoms with E-state index in [1.807, 2.05) is 0 Å². The van der Waals surface area contributed by atoms with Crippen LogP contribution in [0.1, 0.15) is 36.7 Å². The summed E-state index contributed by atoms with van der Waals surface area (Å²) in [5.74, 6) is -0.193. The van der Waals surface area contributed by atoms with Crippen LogP contribution in [0.4, 0.5) is 11.4 Å². The SMILES string of the molecule is O=C(O)CCc1cc(Cl)c(OCCOCCCCOc2c(Cl)cc(Nc3ccccc3C(O)O)cc2Cl)c(Cl)c1. The lowest BCUT2D eigenvalue weighted by molar-refractivity contribution is -0.136. The van der Waals surface area contributed by atoms with Crippen LogP contribution in [0.5, 0.6) is 11.5 Å². The van der Waals surface area contributed by atoms with Gasteiger partial charge in [-0.05, 0) is 55.2 Å². The van der Waals surface area contributed by atoms with E-state index >= 15 is 0 Å². The first-order valence-corrected chi connectivity index (χ1v) is 13.9. The maximum atomic E-state index is 10.7. The van der Waals surface area contributed by atoms with E-state index in [1.165, 1.54) is 0 Å². The van der Waals surface area contributed by atoms with Crippen LogP contribution in [0.3, 0.4) is 0 Å². The van der Waals surface area contributed by atoms with Crippen LogP contribution in [0.15, 0.2) is 48.5 Å². The second kappa shape index (κ2) is 16.1. The summed E-state index contributed by atoms with van der Waals surface area (Å²) in [5, 5.41) is 32.3. The van der Waals surface area contributed by atoms with Gasteiger partial charge >= 0.3 is 5.97 Å². The Morgan fingerprint density at radius 3 is 2.00 bits per heavy atom. The third-order valence-corrected chi connectivity index (χ3v) is 6.73. The number of halogens is 4. The van der Waals surface area contributed by atoms with Crippen LogP contribution in [-0.4, -0.2) is 47.7 Å². The molecule has 0 atom stereocenters. The second-order valence-electron chi connectivity index (χ2n) is 8.65. The fraction of sp³-hybridized carbons (Fsp3) is 0.321. The zero-order valence-corrected chi connectivity index (χ0v) is 24.4. The highest BCUT2D eigenvalue weighted by Crippen LogP contribution is 2.38. The summed E-state index contributed by atoms with van der Waals surface area (Å²) in [6.07, 6.45) is 0.124. The van der Waals surface area contributed by atoms with E-state index in [2.05, 4.69) is 5.32 Å². The van der Waals surface area contributed by atoms with Crippen molar-refractivity contribution in [3.63, 3.8) is 0 Å². The first-order valence-electron chi connectivity index (χ1n) is 12.4. The molecule has 12 heteroatoms. The molecule has 3 aromatic rings. The molecule has 0 saturated heterocycles. The molecule has 0 aliphatic heterocycles. The molecular formula is C28H29Cl4NO7. The maximum Gasteiger partial charge on any atom is 0.303 e. The van der Waals surface area contributed by atoms with Crippen LogP contribution >= 0.6 is 46.4 Å². The predicted octanol–water partition coefficient (Wildman–Crippen LogP) is 7.30. The smallest absolute Gasteiger partial charge is 0.303 e. The topological polar surface area (TPSA) is 117 Å². The molecule has 0 fully saturated rings. The van der Waals surface area contributed by atoms with Crippen molar-refractivity contribution in [2.75, 3.05) is 31.7 Å². The van der Waals surface area contributed by atoms with Gasteiger partial charge in [0.1, 0.15) is 6.61 Å². The number of aliphatic hydroxyl groups excluding tert-OH is 1. The number of ether oxygens (including phenoxy) is 3. The number of aliphatic carboxylic acids is 1. The maximum absolute atomic E-state index is 10.7. The van der Waals surface area contributed by atoms with Crippen LogP contribution in [0.2, 0.25) is 20.1 Å². The minimum absolute atomic E-state index is 0.0103. The number of para-hydroxylation sites is 1. The van der Waals surface area contributed by atoms with E-state index in [0.29, 0.717) is 81.2 Å². The van der Waals surface area contributed by atoms with Gasteiger partial charge in [-0.15, -0.1) is 0 Å². The van der Waals surface area contributed by atoms with Gasteiger partial charge in [-0.1, -0.05) is 64.6 Å². The third-order valence-electron chi connectivity index (χ3n) is 5.61. The van der Waals surface area contributed by atoms with Gasteiger partial charge < -0.3 is 34.8 Å². The second-order valence-corrected chi connectivity index (χ2v) is 10.3. The number of hydrogen-bond donors (Lipinski definition) is 4. The summed E-state index contributed by atoms with van der Waals surface area (Å²) in [4.78, 5) is 10.7. The van der Waals surface area contributed by atoms with E-state index in [0.717, 1.165) is 12.0 Å². The van der Waals surface area contributed by atoms with Crippen LogP contribution < -0.4 is 14.8 Å². The normalized spacial score (nSPS) is 11.1. The predicted molar refractivity (Wildman–Crippen MR) is 157 cm³/mol. The number of unbranched alkanes of at least 4 members (excludes halogenated alkanes) is 1. The molecular weight excluding hydrogens is 604 g/mol. The summed E-state index contributed by atoms with van der Waals surface area (Å²) < 4.78 is 17.0. The number of nitrogens with one attached hydrogen (secondary N) is 1. The van der Waals surface area contributed by atoms with E-state index in [4.69, 9.17) is 65.7 Å². The molecule has 3 aromatic carbocycles. The quantitative estimate of drug-likeness (QED) is 0.0960. The molecule has 0 aromatic heterocycles. The summed E-state index contributed by atoms with van der Waals surface area (Å²) >= 11 is 25.2. The van der Waals surface area contributed by atoms with Crippen LogP contribution in [0, 0.1) is 0 Å². The molecule has 4 N–H and O–H groups in total. The van der Waals surface area contributed by atoms with Gasteiger partial charge in [0.15, 0.2) is 17.8 Å². The van der Waals surface area contributed by atoms with Crippen molar-refractivity contribution < 1.29 is 34.3 Å². The zero-order chi connectivity index (χ0) is 29.1. The van der Waals surface area contributed by atoms with E-state index in [-0.39, 0.29) is 13.0 Å². The molecule has 0 amide bonds. The van der Waals surface area contributed by atoms with Gasteiger partial charge in [0.2, 0.25) is 0 Å². The number of carboxylic acids is 1. The molecule has 0 bridgehead atoms. The standard InChI is InChI=1S/C28H29Cl4NO7/c29-20-13-17(7-8-25(34)35)14-21(30)26(20)40-12-11-38-9-3-4-10-39-27-22(31)15-18(16-23(27)32)33-24-6-2-1-5-19(24)28(36)37/h1-2,5-6,13-16,28,33,36-37H,3-4,7-12H2,(H,34,35). The van der Waals surface area contributed by atoms with Crippen molar-refractivity contribution in [3.05, 3.63) is 79.7 Å². The summed E-state index contributed by atoms with van der Waals surface area (Å²) in [6, 6.07) is 13.4. The van der Waals surface area contributed by atoms with E-state index in [9.17, 15) is 15.0 Å². The fourth-order valence-corrected chi connectivity index (χ4v) is 4.93. The molecule has 0 heterocycles. The number of carboxylic acid groups (broad SMARTS) is 1. The van der Waals surface area contributed by atoms with Crippen LogP contribution in [-0.2, 0) is 16.0 Å². The van der Waals surface area contributed by atoms with E-state index < -0.39 is 12.3 Å². The molecule has 0 aliphatic carbocycles. The van der Waals surface area contributed by atoms with Gasteiger partial charge in [0.05, 0.1) is 33.3 Å². The number of hydrogen-bond acceptors (Lipinski definition) is 7. The monoisotopic (exact) mass is 631 g/mol. The highest BCUT2D eigenvalue weighted by molar-refractivity contribution is 6.38. The minimum atomic E-state index is -1.62. The van der Waals surface area contributed by atoms with Gasteiger partial charge in [-0.3, -0.25) is 4.79 Å². The molecule has 0 radical (unpaired) electrons. The van der Waals surface area contributed by atoms with Gasteiger partial charge in [0, 0.05) is 30.0 Å². The number of aryl methyl sites for hydroxylation is 1. The van der Waals surface area contributed by atoms with Gasteiger partial charge in [-0.2, -0.15) is 0 Å². The lowest BCUT2D eigenvalue weighted by atomic mass is 10.1. The molecule has 216 valence electrons. The number of rotatable bonds is 16. The Labute approximate surface area is 252 Å². The Hall–Kier alpha value is -2.43. The van der Waals surface area contributed by atoms with Crippen LogP contribution in [0.25, 0.3) is 0 Å². The van der Waals surface area contributed by atoms with Crippen molar-refractivity contribution in [2.24, 2.45) is 0 Å². The summed E-state index contributed by atoms with van der Waals surface area (Å²) in [5.41, 5.74) is 2.13. The van der Waals surface area contributed by atoms with E-state index in [1.54, 1.807) is 48.5 Å². The number of carbonyl (C=O) groups is 1. The zero-order valence-electron chi connectivity index (χ0n) is 21.3. The number of benzene rings is 3. The average Bonchev–Trinajstić information content (AvgIpc) is 2.89. The summed E-state index contributed by atoms with van der Waals surface area (Å²) in [6.45, 7) is 1.45. The molecule has 0 saturated carbocycles. The fourth-order valence-electron chi connectivity index (χ4n) is 3.69. The van der Waals surface area contributed by atoms with Crippen molar-refractivity contribution >= 4 is 63.7 Å². The molecule has 0 unspecified atom stereocenters. The largest absolute Gasteiger partial charge is 0.490 e. The Kier molecular flexibility index (Phi) is 12.9.